The number of allylic oxidation sites excluding steroid dienone is 2. The van der Waals surface area contributed by atoms with Crippen molar-refractivity contribution in [1.82, 2.24) is 0 Å². The van der Waals surface area contributed by atoms with Crippen molar-refractivity contribution in [3.05, 3.63) is 36.3 Å². The van der Waals surface area contributed by atoms with Crippen molar-refractivity contribution in [2.45, 2.75) is 19.3 Å². The third-order valence-electron chi connectivity index (χ3n) is 2.92. The first-order valence-electron chi connectivity index (χ1n) is 5.18. The maximum Gasteiger partial charge on any atom is 0.307 e. The van der Waals surface area contributed by atoms with Gasteiger partial charge in [-0.2, -0.15) is 0 Å². The SMILES string of the molecule is O=C(O)C(Cc1ccoc1)C1C=CCC1. The first-order valence-corrected chi connectivity index (χ1v) is 5.18. The second-order valence-corrected chi connectivity index (χ2v) is 3.95. The topological polar surface area (TPSA) is 50.4 Å². The molecule has 80 valence electrons. The lowest BCUT2D eigenvalue weighted by molar-refractivity contribution is -0.143. The van der Waals surface area contributed by atoms with Crippen LogP contribution in [0.2, 0.25) is 0 Å². The van der Waals surface area contributed by atoms with Crippen LogP contribution in [-0.4, -0.2) is 11.1 Å². The Labute approximate surface area is 88.4 Å². The molecule has 3 heteroatoms. The normalized spacial score (nSPS) is 21.7. The van der Waals surface area contributed by atoms with Crippen molar-refractivity contribution in [1.29, 1.82) is 0 Å². The Morgan fingerprint density at radius 3 is 3.07 bits per heavy atom. The highest BCUT2D eigenvalue weighted by molar-refractivity contribution is 5.71. The third-order valence-corrected chi connectivity index (χ3v) is 2.92. The van der Waals surface area contributed by atoms with Gasteiger partial charge in [-0.1, -0.05) is 12.2 Å². The van der Waals surface area contributed by atoms with E-state index in [2.05, 4.69) is 6.08 Å². The molecular formula is C12H14O3. The summed E-state index contributed by atoms with van der Waals surface area (Å²) in [6.07, 6.45) is 9.80. The summed E-state index contributed by atoms with van der Waals surface area (Å²) in [5.74, 6) is -0.855. The molecule has 0 saturated carbocycles. The molecule has 1 aromatic rings. The number of aliphatic carboxylic acids is 1. The van der Waals surface area contributed by atoms with Crippen molar-refractivity contribution in [3.63, 3.8) is 0 Å². The second kappa shape index (κ2) is 4.34. The molecule has 0 bridgehead atoms. The number of carboxylic acids is 1. The van der Waals surface area contributed by atoms with Gasteiger partial charge in [0.15, 0.2) is 0 Å². The van der Waals surface area contributed by atoms with E-state index in [1.54, 1.807) is 12.5 Å². The first-order chi connectivity index (χ1) is 7.27. The molecule has 1 aliphatic carbocycles. The van der Waals surface area contributed by atoms with Crippen LogP contribution in [0, 0.1) is 11.8 Å². The first kappa shape index (κ1) is 10.0. The van der Waals surface area contributed by atoms with E-state index in [4.69, 9.17) is 9.52 Å². The van der Waals surface area contributed by atoms with Gasteiger partial charge in [0.1, 0.15) is 0 Å². The van der Waals surface area contributed by atoms with E-state index in [-0.39, 0.29) is 11.8 Å². The number of carboxylic acid groups (broad SMARTS) is 1. The molecular weight excluding hydrogens is 192 g/mol. The molecule has 0 radical (unpaired) electrons. The zero-order chi connectivity index (χ0) is 10.7. The molecule has 1 N–H and O–H groups in total. The lowest BCUT2D eigenvalue weighted by Crippen LogP contribution is -2.23. The molecule has 0 aliphatic heterocycles. The van der Waals surface area contributed by atoms with Gasteiger partial charge in [0.2, 0.25) is 0 Å². The van der Waals surface area contributed by atoms with Crippen molar-refractivity contribution in [3.8, 4) is 0 Å². The molecule has 0 amide bonds. The number of carbonyl (C=O) groups is 1. The minimum Gasteiger partial charge on any atom is -0.481 e. The fourth-order valence-electron chi connectivity index (χ4n) is 2.08. The second-order valence-electron chi connectivity index (χ2n) is 3.95. The lowest BCUT2D eigenvalue weighted by atomic mass is 9.87. The number of furan rings is 1. The van der Waals surface area contributed by atoms with Crippen LogP contribution in [-0.2, 0) is 11.2 Å². The van der Waals surface area contributed by atoms with E-state index in [9.17, 15) is 4.79 Å². The maximum atomic E-state index is 11.1. The summed E-state index contributed by atoms with van der Waals surface area (Å²) in [5, 5.41) is 9.17. The number of rotatable bonds is 4. The summed E-state index contributed by atoms with van der Waals surface area (Å²) in [7, 11) is 0. The highest BCUT2D eigenvalue weighted by Gasteiger charge is 2.28. The van der Waals surface area contributed by atoms with E-state index in [0.717, 1.165) is 18.4 Å². The van der Waals surface area contributed by atoms with Gasteiger partial charge in [-0.25, -0.2) is 0 Å². The highest BCUT2D eigenvalue weighted by Crippen LogP contribution is 2.28. The fraction of sp³-hybridized carbons (Fsp3) is 0.417. The van der Waals surface area contributed by atoms with Gasteiger partial charge in [0, 0.05) is 0 Å². The summed E-state index contributed by atoms with van der Waals surface area (Å²) in [6.45, 7) is 0. The van der Waals surface area contributed by atoms with Crippen LogP contribution < -0.4 is 0 Å². The molecule has 1 heterocycles. The van der Waals surface area contributed by atoms with Gasteiger partial charge in [-0.15, -0.1) is 0 Å². The average molecular weight is 206 g/mol. The third kappa shape index (κ3) is 2.29. The van der Waals surface area contributed by atoms with Crippen LogP contribution in [0.1, 0.15) is 18.4 Å². The molecule has 0 spiro atoms. The van der Waals surface area contributed by atoms with E-state index >= 15 is 0 Å². The molecule has 2 rings (SSSR count). The summed E-state index contributed by atoms with van der Waals surface area (Å²) in [4.78, 5) is 11.1. The van der Waals surface area contributed by atoms with Crippen molar-refractivity contribution < 1.29 is 14.3 Å². The zero-order valence-electron chi connectivity index (χ0n) is 8.43. The smallest absolute Gasteiger partial charge is 0.307 e. The number of hydrogen-bond donors (Lipinski definition) is 1. The molecule has 3 nitrogen and oxygen atoms in total. The zero-order valence-corrected chi connectivity index (χ0v) is 8.43. The van der Waals surface area contributed by atoms with Crippen LogP contribution in [0.25, 0.3) is 0 Å². The maximum absolute atomic E-state index is 11.1. The van der Waals surface area contributed by atoms with Gasteiger partial charge in [-0.05, 0) is 36.8 Å². The standard InChI is InChI=1S/C12H14O3/c13-12(14)11(10-3-1-2-4-10)7-9-5-6-15-8-9/h1,3,5-6,8,10-11H,2,4,7H2,(H,13,14). The lowest BCUT2D eigenvalue weighted by Gasteiger charge is -2.16. The van der Waals surface area contributed by atoms with Gasteiger partial charge in [0.05, 0.1) is 18.4 Å². The van der Waals surface area contributed by atoms with Gasteiger partial charge < -0.3 is 9.52 Å². The molecule has 1 aliphatic rings. The predicted octanol–water partition coefficient (Wildman–Crippen LogP) is 2.49. The van der Waals surface area contributed by atoms with E-state index < -0.39 is 5.97 Å². The summed E-state index contributed by atoms with van der Waals surface area (Å²) < 4.78 is 4.95. The molecule has 0 fully saturated rings. The molecule has 2 unspecified atom stereocenters. The molecule has 15 heavy (non-hydrogen) atoms. The van der Waals surface area contributed by atoms with Gasteiger partial charge in [-0.3, -0.25) is 4.79 Å². The minimum absolute atomic E-state index is 0.178. The summed E-state index contributed by atoms with van der Waals surface area (Å²) in [5.41, 5.74) is 0.961. The van der Waals surface area contributed by atoms with Crippen LogP contribution in [0.5, 0.6) is 0 Å². The fourth-order valence-corrected chi connectivity index (χ4v) is 2.08. The largest absolute Gasteiger partial charge is 0.481 e. The van der Waals surface area contributed by atoms with Crippen LogP contribution in [0.3, 0.4) is 0 Å². The minimum atomic E-state index is -0.715. The monoisotopic (exact) mass is 206 g/mol. The van der Waals surface area contributed by atoms with Crippen LogP contribution in [0.15, 0.2) is 35.2 Å². The Bertz CT molecular complexity index is 351. The van der Waals surface area contributed by atoms with Crippen LogP contribution in [0.4, 0.5) is 0 Å². The molecule has 1 aromatic heterocycles. The van der Waals surface area contributed by atoms with Gasteiger partial charge >= 0.3 is 5.97 Å². The Morgan fingerprint density at radius 1 is 1.67 bits per heavy atom. The van der Waals surface area contributed by atoms with E-state index in [1.165, 1.54) is 0 Å². The van der Waals surface area contributed by atoms with Gasteiger partial charge in [0.25, 0.3) is 0 Å². The molecule has 0 aromatic carbocycles. The quantitative estimate of drug-likeness (QED) is 0.770. The Morgan fingerprint density at radius 2 is 2.53 bits per heavy atom. The van der Waals surface area contributed by atoms with Crippen molar-refractivity contribution >= 4 is 5.97 Å². The Hall–Kier alpha value is -1.51. The summed E-state index contributed by atoms with van der Waals surface area (Å²) >= 11 is 0. The Kier molecular flexibility index (Phi) is 2.90. The molecule has 2 atom stereocenters. The van der Waals surface area contributed by atoms with Crippen molar-refractivity contribution in [2.75, 3.05) is 0 Å². The number of hydrogen-bond acceptors (Lipinski definition) is 2. The van der Waals surface area contributed by atoms with E-state index in [1.807, 2.05) is 12.1 Å². The van der Waals surface area contributed by atoms with E-state index in [0.29, 0.717) is 6.42 Å². The Balaban J connectivity index is 2.06. The molecule has 0 saturated heterocycles. The summed E-state index contributed by atoms with van der Waals surface area (Å²) in [6, 6.07) is 1.83. The highest BCUT2D eigenvalue weighted by atomic mass is 16.4. The average Bonchev–Trinajstić information content (AvgIpc) is 2.87. The predicted molar refractivity (Wildman–Crippen MR) is 55.4 cm³/mol. The van der Waals surface area contributed by atoms with Crippen molar-refractivity contribution in [2.24, 2.45) is 11.8 Å². The van der Waals surface area contributed by atoms with Crippen LogP contribution >= 0.6 is 0 Å².